The molecular formula is C14H24N2O4S. The molecule has 0 radical (unpaired) electrons. The fourth-order valence-electron chi connectivity index (χ4n) is 1.83. The Morgan fingerprint density at radius 2 is 2.00 bits per heavy atom. The average Bonchev–Trinajstić information content (AvgIpc) is 2.39. The van der Waals surface area contributed by atoms with Gasteiger partial charge in [0.1, 0.15) is 6.10 Å². The van der Waals surface area contributed by atoms with Crippen LogP contribution in [0.4, 0.5) is 0 Å². The monoisotopic (exact) mass is 316 g/mol. The van der Waals surface area contributed by atoms with E-state index in [9.17, 15) is 9.59 Å². The Labute approximate surface area is 131 Å². The van der Waals surface area contributed by atoms with Gasteiger partial charge in [-0.3, -0.25) is 9.59 Å². The molecule has 1 aliphatic rings. The van der Waals surface area contributed by atoms with Crippen molar-refractivity contribution in [2.24, 2.45) is 5.41 Å². The van der Waals surface area contributed by atoms with E-state index in [0.717, 1.165) is 0 Å². The molecule has 0 spiro atoms. The van der Waals surface area contributed by atoms with Crippen molar-refractivity contribution < 1.29 is 19.1 Å². The fraction of sp³-hybridized carbons (Fsp3) is 0.714. The molecule has 0 bridgehead atoms. The number of rotatable bonds is 5. The van der Waals surface area contributed by atoms with E-state index in [1.807, 2.05) is 13.8 Å². The summed E-state index contributed by atoms with van der Waals surface area (Å²) in [7, 11) is 0. The molecule has 0 aliphatic carbocycles. The highest BCUT2D eigenvalue weighted by Gasteiger charge is 2.45. The average molecular weight is 316 g/mol. The van der Waals surface area contributed by atoms with Gasteiger partial charge in [0.15, 0.2) is 5.79 Å². The molecule has 1 aliphatic heterocycles. The summed E-state index contributed by atoms with van der Waals surface area (Å²) in [5.41, 5.74) is -0.443. The minimum absolute atomic E-state index is 0.281. The van der Waals surface area contributed by atoms with Crippen LogP contribution in [0.1, 0.15) is 27.7 Å². The zero-order valence-corrected chi connectivity index (χ0v) is 13.8. The summed E-state index contributed by atoms with van der Waals surface area (Å²) in [5.74, 6) is -0.817. The standard InChI is InChI=1S/C14H24N2O4S/c1-13(2)9-19-14(3,4)20-11(13)12(18)16-6-5-10(17)15-7-8-21/h5-6,11,21H,7-9H2,1-4H3,(H,15,17)(H,16,18)/t11-/m0/s1. The third kappa shape index (κ3) is 5.68. The van der Waals surface area contributed by atoms with Crippen LogP contribution in [-0.2, 0) is 19.1 Å². The van der Waals surface area contributed by atoms with E-state index in [2.05, 4.69) is 23.3 Å². The maximum atomic E-state index is 12.2. The maximum Gasteiger partial charge on any atom is 0.253 e. The van der Waals surface area contributed by atoms with E-state index in [0.29, 0.717) is 18.9 Å². The number of amides is 2. The van der Waals surface area contributed by atoms with E-state index in [1.54, 1.807) is 13.8 Å². The predicted octanol–water partition coefficient (Wildman–Crippen LogP) is 0.840. The number of thiol groups is 1. The van der Waals surface area contributed by atoms with Crippen LogP contribution in [0.5, 0.6) is 0 Å². The lowest BCUT2D eigenvalue weighted by Gasteiger charge is -2.44. The molecule has 6 nitrogen and oxygen atoms in total. The van der Waals surface area contributed by atoms with Crippen LogP contribution in [0.3, 0.4) is 0 Å². The smallest absolute Gasteiger partial charge is 0.253 e. The molecule has 1 heterocycles. The lowest BCUT2D eigenvalue weighted by atomic mass is 9.85. The van der Waals surface area contributed by atoms with Crippen molar-refractivity contribution in [3.8, 4) is 0 Å². The first-order chi connectivity index (χ1) is 9.68. The molecule has 21 heavy (non-hydrogen) atoms. The van der Waals surface area contributed by atoms with Gasteiger partial charge < -0.3 is 20.1 Å². The van der Waals surface area contributed by atoms with Gasteiger partial charge in [0.25, 0.3) is 5.91 Å². The van der Waals surface area contributed by atoms with Crippen molar-refractivity contribution in [3.63, 3.8) is 0 Å². The van der Waals surface area contributed by atoms with Crippen LogP contribution in [0.2, 0.25) is 0 Å². The van der Waals surface area contributed by atoms with Gasteiger partial charge in [0, 0.05) is 30.0 Å². The molecule has 0 unspecified atom stereocenters. The van der Waals surface area contributed by atoms with Gasteiger partial charge in [0.05, 0.1) is 6.61 Å². The first-order valence-corrected chi connectivity index (χ1v) is 7.48. The highest BCUT2D eigenvalue weighted by Crippen LogP contribution is 2.34. The van der Waals surface area contributed by atoms with Crippen LogP contribution in [0.25, 0.3) is 0 Å². The van der Waals surface area contributed by atoms with Gasteiger partial charge >= 0.3 is 0 Å². The zero-order valence-electron chi connectivity index (χ0n) is 12.9. The van der Waals surface area contributed by atoms with Gasteiger partial charge in [-0.05, 0) is 13.8 Å². The second kappa shape index (κ2) is 7.29. The van der Waals surface area contributed by atoms with E-state index in [1.165, 1.54) is 12.3 Å². The van der Waals surface area contributed by atoms with Gasteiger partial charge in [-0.1, -0.05) is 13.8 Å². The Balaban J connectivity index is 2.57. The molecule has 0 aromatic carbocycles. The number of carbonyl (C=O) groups is 2. The summed E-state index contributed by atoms with van der Waals surface area (Å²) < 4.78 is 11.3. The van der Waals surface area contributed by atoms with E-state index >= 15 is 0 Å². The normalized spacial score (nSPS) is 23.8. The van der Waals surface area contributed by atoms with Crippen molar-refractivity contribution in [2.75, 3.05) is 18.9 Å². The van der Waals surface area contributed by atoms with Crippen molar-refractivity contribution in [3.05, 3.63) is 12.3 Å². The number of hydrogen-bond donors (Lipinski definition) is 3. The Hall–Kier alpha value is -1.05. The summed E-state index contributed by atoms with van der Waals surface area (Å²) >= 11 is 3.99. The first-order valence-electron chi connectivity index (χ1n) is 6.85. The lowest BCUT2D eigenvalue weighted by molar-refractivity contribution is -0.303. The van der Waals surface area contributed by atoms with Crippen molar-refractivity contribution in [2.45, 2.75) is 39.6 Å². The number of ether oxygens (including phenoxy) is 2. The summed E-state index contributed by atoms with van der Waals surface area (Å²) in [5, 5.41) is 5.18. The quantitative estimate of drug-likeness (QED) is 0.519. The Bertz CT molecular complexity index is 421. The van der Waals surface area contributed by atoms with Gasteiger partial charge in [-0.25, -0.2) is 0 Å². The van der Waals surface area contributed by atoms with E-state index in [-0.39, 0.29) is 11.8 Å². The second-order valence-corrected chi connectivity index (χ2v) is 6.48. The minimum atomic E-state index is -0.800. The van der Waals surface area contributed by atoms with Crippen LogP contribution >= 0.6 is 12.6 Å². The molecule has 0 aromatic heterocycles. The third-order valence-electron chi connectivity index (χ3n) is 3.01. The SMILES string of the molecule is CC1(C)OCC(C)(C)[C@H](C(=O)NC=CC(=O)NCCS)O1. The lowest BCUT2D eigenvalue weighted by Crippen LogP contribution is -2.55. The van der Waals surface area contributed by atoms with Crippen LogP contribution in [0.15, 0.2) is 12.3 Å². The Kier molecular flexibility index (Phi) is 6.24. The van der Waals surface area contributed by atoms with Crippen molar-refractivity contribution >= 4 is 24.4 Å². The summed E-state index contributed by atoms with van der Waals surface area (Å²) in [4.78, 5) is 23.6. The fourth-order valence-corrected chi connectivity index (χ4v) is 1.95. The molecule has 0 saturated carbocycles. The molecule has 1 atom stereocenters. The zero-order chi connectivity index (χ0) is 16.1. The van der Waals surface area contributed by atoms with Crippen molar-refractivity contribution in [1.29, 1.82) is 0 Å². The third-order valence-corrected chi connectivity index (χ3v) is 3.24. The Morgan fingerprint density at radius 3 is 2.62 bits per heavy atom. The number of nitrogens with one attached hydrogen (secondary N) is 2. The highest BCUT2D eigenvalue weighted by atomic mass is 32.1. The maximum absolute atomic E-state index is 12.2. The number of hydrogen-bond acceptors (Lipinski definition) is 5. The van der Waals surface area contributed by atoms with Crippen LogP contribution in [0, 0.1) is 5.41 Å². The van der Waals surface area contributed by atoms with E-state index < -0.39 is 17.3 Å². The van der Waals surface area contributed by atoms with Gasteiger partial charge in [-0.2, -0.15) is 12.6 Å². The molecule has 120 valence electrons. The number of carbonyl (C=O) groups excluding carboxylic acids is 2. The molecular weight excluding hydrogens is 292 g/mol. The summed E-state index contributed by atoms with van der Waals surface area (Å²) in [6.45, 7) is 8.23. The van der Waals surface area contributed by atoms with E-state index in [4.69, 9.17) is 9.47 Å². The highest BCUT2D eigenvalue weighted by molar-refractivity contribution is 7.80. The largest absolute Gasteiger partial charge is 0.352 e. The van der Waals surface area contributed by atoms with Crippen molar-refractivity contribution in [1.82, 2.24) is 10.6 Å². The topological polar surface area (TPSA) is 76.7 Å². The molecule has 2 N–H and O–H groups in total. The second-order valence-electron chi connectivity index (χ2n) is 6.03. The molecule has 1 saturated heterocycles. The molecule has 7 heteroatoms. The Morgan fingerprint density at radius 1 is 1.33 bits per heavy atom. The minimum Gasteiger partial charge on any atom is -0.352 e. The predicted molar refractivity (Wildman–Crippen MR) is 82.8 cm³/mol. The van der Waals surface area contributed by atoms with Crippen LogP contribution < -0.4 is 10.6 Å². The summed E-state index contributed by atoms with van der Waals surface area (Å²) in [6.07, 6.45) is 1.93. The molecule has 0 aromatic rings. The van der Waals surface area contributed by atoms with Crippen LogP contribution in [-0.4, -0.2) is 42.6 Å². The van der Waals surface area contributed by atoms with Gasteiger partial charge in [-0.15, -0.1) is 0 Å². The molecule has 1 fully saturated rings. The van der Waals surface area contributed by atoms with Gasteiger partial charge in [0.2, 0.25) is 5.91 Å². The summed E-state index contributed by atoms with van der Waals surface area (Å²) in [6, 6.07) is 0. The first kappa shape index (κ1) is 18.0. The molecule has 1 rings (SSSR count). The molecule has 2 amide bonds.